The summed E-state index contributed by atoms with van der Waals surface area (Å²) in [6, 6.07) is 5.44. The molecule has 0 aliphatic rings. The number of thioether (sulfide) groups is 1. The molecular formula is C13H20FNS. The Labute approximate surface area is 102 Å². The van der Waals surface area contributed by atoms with Crippen LogP contribution in [0.3, 0.4) is 0 Å². The summed E-state index contributed by atoms with van der Waals surface area (Å²) < 4.78 is 13.7. The molecule has 1 N–H and O–H groups in total. The van der Waals surface area contributed by atoms with Gasteiger partial charge in [0.2, 0.25) is 0 Å². The van der Waals surface area contributed by atoms with Gasteiger partial charge in [0.15, 0.2) is 0 Å². The lowest BCUT2D eigenvalue weighted by Crippen LogP contribution is -2.25. The number of benzene rings is 1. The smallest absolute Gasteiger partial charge is 0.128 e. The first-order chi connectivity index (χ1) is 7.69. The molecule has 1 unspecified atom stereocenters. The van der Waals surface area contributed by atoms with Gasteiger partial charge in [0.1, 0.15) is 5.82 Å². The second-order valence-electron chi connectivity index (χ2n) is 3.99. The molecule has 1 aromatic carbocycles. The highest BCUT2D eigenvalue weighted by molar-refractivity contribution is 7.98. The predicted octanol–water partition coefficient (Wildman–Crippen LogP) is 3.54. The number of halogens is 1. The van der Waals surface area contributed by atoms with Crippen molar-refractivity contribution >= 4 is 11.8 Å². The van der Waals surface area contributed by atoms with E-state index in [4.69, 9.17) is 0 Å². The third kappa shape index (κ3) is 3.80. The third-order valence-electron chi connectivity index (χ3n) is 2.50. The molecule has 16 heavy (non-hydrogen) atoms. The molecule has 0 heterocycles. The van der Waals surface area contributed by atoms with Crippen molar-refractivity contribution in [2.45, 2.75) is 26.3 Å². The largest absolute Gasteiger partial charge is 0.309 e. The van der Waals surface area contributed by atoms with Crippen LogP contribution in [0.2, 0.25) is 0 Å². The number of hydrogen-bond acceptors (Lipinski definition) is 2. The Morgan fingerprint density at radius 1 is 1.44 bits per heavy atom. The normalized spacial score (nSPS) is 12.8. The number of hydrogen-bond donors (Lipinski definition) is 1. The average Bonchev–Trinajstić information content (AvgIpc) is 2.28. The molecule has 0 saturated carbocycles. The minimum absolute atomic E-state index is 0.103. The van der Waals surface area contributed by atoms with E-state index < -0.39 is 0 Å². The Morgan fingerprint density at radius 2 is 2.19 bits per heavy atom. The van der Waals surface area contributed by atoms with Crippen LogP contribution >= 0.6 is 11.8 Å². The molecule has 0 fully saturated rings. The Hall–Kier alpha value is -0.540. The first kappa shape index (κ1) is 13.5. The average molecular weight is 241 g/mol. The van der Waals surface area contributed by atoms with Crippen LogP contribution in [-0.2, 0) is 0 Å². The summed E-state index contributed by atoms with van der Waals surface area (Å²) in [7, 11) is 0. The minimum Gasteiger partial charge on any atom is -0.309 e. The Bertz CT molecular complexity index is 328. The van der Waals surface area contributed by atoms with Gasteiger partial charge in [0, 0.05) is 17.4 Å². The van der Waals surface area contributed by atoms with E-state index in [1.54, 1.807) is 17.8 Å². The molecule has 90 valence electrons. The lowest BCUT2D eigenvalue weighted by atomic mass is 10.0. The summed E-state index contributed by atoms with van der Waals surface area (Å²) in [5, 5.41) is 3.39. The summed E-state index contributed by atoms with van der Waals surface area (Å²) in [5.41, 5.74) is 1.91. The first-order valence-corrected chi connectivity index (χ1v) is 7.06. The maximum atomic E-state index is 13.7. The van der Waals surface area contributed by atoms with E-state index in [9.17, 15) is 4.39 Å². The van der Waals surface area contributed by atoms with E-state index in [0.29, 0.717) is 0 Å². The van der Waals surface area contributed by atoms with Gasteiger partial charge in [-0.2, -0.15) is 11.8 Å². The maximum absolute atomic E-state index is 13.7. The molecule has 0 bridgehead atoms. The molecule has 3 heteroatoms. The van der Waals surface area contributed by atoms with Crippen LogP contribution in [0.5, 0.6) is 0 Å². The minimum atomic E-state index is -0.103. The summed E-state index contributed by atoms with van der Waals surface area (Å²) in [4.78, 5) is 0. The van der Waals surface area contributed by atoms with Crippen molar-refractivity contribution in [2.75, 3.05) is 18.6 Å². The Kier molecular flexibility index (Phi) is 5.85. The van der Waals surface area contributed by atoms with Crippen molar-refractivity contribution in [3.8, 4) is 0 Å². The molecule has 1 nitrogen and oxygen atoms in total. The first-order valence-electron chi connectivity index (χ1n) is 5.67. The molecule has 0 spiro atoms. The molecule has 1 atom stereocenters. The standard InChI is InChI=1S/C13H20FNS/c1-4-7-15-13(9-16-3)11-8-10(2)5-6-12(11)14/h5-6,8,13,15H,4,7,9H2,1-3H3. The quantitative estimate of drug-likeness (QED) is 0.817. The van der Waals surface area contributed by atoms with Gasteiger partial charge < -0.3 is 5.32 Å². The van der Waals surface area contributed by atoms with Crippen molar-refractivity contribution in [1.29, 1.82) is 0 Å². The summed E-state index contributed by atoms with van der Waals surface area (Å²) >= 11 is 1.74. The molecule has 1 aromatic rings. The van der Waals surface area contributed by atoms with Gasteiger partial charge in [-0.15, -0.1) is 0 Å². The van der Waals surface area contributed by atoms with E-state index in [-0.39, 0.29) is 11.9 Å². The number of nitrogens with one attached hydrogen (secondary N) is 1. The SMILES string of the molecule is CCCNC(CSC)c1cc(C)ccc1F. The Balaban J connectivity index is 2.85. The zero-order valence-corrected chi connectivity index (χ0v) is 11.0. The van der Waals surface area contributed by atoms with Crippen molar-refractivity contribution in [3.05, 3.63) is 35.1 Å². The third-order valence-corrected chi connectivity index (χ3v) is 3.17. The van der Waals surface area contributed by atoms with Gasteiger partial charge in [0.05, 0.1) is 0 Å². The second-order valence-corrected chi connectivity index (χ2v) is 4.90. The van der Waals surface area contributed by atoms with E-state index in [2.05, 4.69) is 12.2 Å². The van der Waals surface area contributed by atoms with Crippen LogP contribution in [0, 0.1) is 12.7 Å². The van der Waals surface area contributed by atoms with Crippen molar-refractivity contribution in [3.63, 3.8) is 0 Å². The molecule has 1 rings (SSSR count). The fourth-order valence-corrected chi connectivity index (χ4v) is 2.30. The highest BCUT2D eigenvalue weighted by Crippen LogP contribution is 2.21. The topological polar surface area (TPSA) is 12.0 Å². The summed E-state index contributed by atoms with van der Waals surface area (Å²) in [6.07, 6.45) is 3.12. The molecule has 0 aromatic heterocycles. The molecular weight excluding hydrogens is 221 g/mol. The van der Waals surface area contributed by atoms with E-state index in [1.807, 2.05) is 25.3 Å². The second kappa shape index (κ2) is 6.92. The molecule has 0 amide bonds. The van der Waals surface area contributed by atoms with Gasteiger partial charge in [-0.3, -0.25) is 0 Å². The van der Waals surface area contributed by atoms with Gasteiger partial charge in [0.25, 0.3) is 0 Å². The highest BCUT2D eigenvalue weighted by atomic mass is 32.2. The molecule has 0 radical (unpaired) electrons. The van der Waals surface area contributed by atoms with Gasteiger partial charge >= 0.3 is 0 Å². The van der Waals surface area contributed by atoms with Gasteiger partial charge in [-0.1, -0.05) is 24.6 Å². The lowest BCUT2D eigenvalue weighted by molar-refractivity contribution is 0.532. The van der Waals surface area contributed by atoms with E-state index in [0.717, 1.165) is 29.8 Å². The monoisotopic (exact) mass is 241 g/mol. The van der Waals surface area contributed by atoms with Crippen molar-refractivity contribution in [2.24, 2.45) is 0 Å². The maximum Gasteiger partial charge on any atom is 0.128 e. The Morgan fingerprint density at radius 3 is 2.81 bits per heavy atom. The highest BCUT2D eigenvalue weighted by Gasteiger charge is 2.14. The lowest BCUT2D eigenvalue weighted by Gasteiger charge is -2.19. The summed E-state index contributed by atoms with van der Waals surface area (Å²) in [5.74, 6) is 0.800. The van der Waals surface area contributed by atoms with Crippen LogP contribution in [0.15, 0.2) is 18.2 Å². The van der Waals surface area contributed by atoms with Crippen molar-refractivity contribution in [1.82, 2.24) is 5.32 Å². The van der Waals surface area contributed by atoms with Crippen LogP contribution in [0.1, 0.15) is 30.5 Å². The van der Waals surface area contributed by atoms with Crippen LogP contribution in [0.4, 0.5) is 4.39 Å². The summed E-state index contributed by atoms with van der Waals surface area (Å²) in [6.45, 7) is 5.05. The number of rotatable bonds is 6. The van der Waals surface area contributed by atoms with E-state index in [1.165, 1.54) is 0 Å². The van der Waals surface area contributed by atoms with Crippen LogP contribution in [-0.4, -0.2) is 18.6 Å². The predicted molar refractivity (Wildman–Crippen MR) is 70.6 cm³/mol. The molecule has 0 aliphatic heterocycles. The van der Waals surface area contributed by atoms with Gasteiger partial charge in [-0.25, -0.2) is 4.39 Å². The van der Waals surface area contributed by atoms with Crippen LogP contribution < -0.4 is 5.32 Å². The zero-order valence-electron chi connectivity index (χ0n) is 10.2. The molecule has 0 saturated heterocycles. The van der Waals surface area contributed by atoms with E-state index >= 15 is 0 Å². The molecule has 0 aliphatic carbocycles. The van der Waals surface area contributed by atoms with Gasteiger partial charge in [-0.05, 0) is 32.2 Å². The fourth-order valence-electron chi connectivity index (χ4n) is 1.67. The fraction of sp³-hybridized carbons (Fsp3) is 0.538. The zero-order chi connectivity index (χ0) is 12.0. The van der Waals surface area contributed by atoms with Crippen LogP contribution in [0.25, 0.3) is 0 Å². The number of aryl methyl sites for hydroxylation is 1. The van der Waals surface area contributed by atoms with Crippen molar-refractivity contribution < 1.29 is 4.39 Å².